The Morgan fingerprint density at radius 1 is 1.30 bits per heavy atom. The number of benzene rings is 1. The zero-order chi connectivity index (χ0) is 16.8. The van der Waals surface area contributed by atoms with Gasteiger partial charge in [0.25, 0.3) is 5.91 Å². The van der Waals surface area contributed by atoms with E-state index in [0.29, 0.717) is 11.4 Å². The molecule has 0 fully saturated rings. The molecule has 0 saturated carbocycles. The van der Waals surface area contributed by atoms with Gasteiger partial charge in [-0.1, -0.05) is 12.1 Å². The molecule has 0 saturated heterocycles. The number of ether oxygens (including phenoxy) is 2. The van der Waals surface area contributed by atoms with Gasteiger partial charge in [0.05, 0.1) is 12.8 Å². The summed E-state index contributed by atoms with van der Waals surface area (Å²) >= 11 is 0. The topological polar surface area (TPSA) is 106 Å². The summed E-state index contributed by atoms with van der Waals surface area (Å²) in [6.45, 7) is 1.45. The summed E-state index contributed by atoms with van der Waals surface area (Å²) in [5.41, 5.74) is 2.76. The van der Waals surface area contributed by atoms with Crippen LogP contribution in [-0.2, 0) is 19.1 Å². The Bertz CT molecular complexity index is 656. The molecular weight excluding hydrogens is 302 g/mol. The first-order valence-corrected chi connectivity index (χ1v) is 7.01. The molecule has 0 spiro atoms. The van der Waals surface area contributed by atoms with Crippen molar-refractivity contribution in [3.05, 3.63) is 24.3 Å². The van der Waals surface area contributed by atoms with E-state index in [4.69, 9.17) is 9.47 Å². The fraction of sp³-hybridized carbons (Fsp3) is 0.333. The lowest BCUT2D eigenvalue weighted by molar-refractivity contribution is -0.146. The minimum atomic E-state index is -1.02. The average Bonchev–Trinajstić information content (AvgIpc) is 2.55. The highest BCUT2D eigenvalue weighted by atomic mass is 16.5. The zero-order valence-corrected chi connectivity index (χ0v) is 12.8. The molecule has 122 valence electrons. The summed E-state index contributed by atoms with van der Waals surface area (Å²) in [5.74, 6) is -0.988. The van der Waals surface area contributed by atoms with Gasteiger partial charge >= 0.3 is 5.97 Å². The van der Waals surface area contributed by atoms with Crippen LogP contribution in [0.25, 0.3) is 0 Å². The first-order chi connectivity index (χ1) is 11.0. The zero-order valence-electron chi connectivity index (χ0n) is 12.8. The number of nitrogens with zero attached hydrogens (tertiary/aromatic N) is 1. The number of para-hydroxylation sites is 2. The van der Waals surface area contributed by atoms with Crippen molar-refractivity contribution < 1.29 is 23.9 Å². The minimum absolute atomic E-state index is 0.0848. The molecular formula is C15H17N3O5. The Morgan fingerprint density at radius 3 is 2.70 bits per heavy atom. The minimum Gasteiger partial charge on any atom is -0.495 e. The number of anilines is 1. The lowest BCUT2D eigenvalue weighted by atomic mass is 10.2. The van der Waals surface area contributed by atoms with Crippen LogP contribution in [0, 0.1) is 0 Å². The number of carbonyl (C=O) groups excluding carboxylic acids is 3. The third-order valence-corrected chi connectivity index (χ3v) is 3.16. The van der Waals surface area contributed by atoms with Crippen LogP contribution in [0.1, 0.15) is 19.8 Å². The molecule has 0 aliphatic carbocycles. The number of rotatable bonds is 5. The molecule has 1 aliphatic rings. The molecule has 2 rings (SSSR count). The van der Waals surface area contributed by atoms with Gasteiger partial charge in [-0.3, -0.25) is 9.59 Å². The van der Waals surface area contributed by atoms with Crippen molar-refractivity contribution in [3.8, 4) is 5.75 Å². The van der Waals surface area contributed by atoms with E-state index in [1.807, 2.05) is 0 Å². The van der Waals surface area contributed by atoms with Crippen molar-refractivity contribution in [2.45, 2.75) is 25.9 Å². The highest BCUT2D eigenvalue weighted by Crippen LogP contribution is 2.23. The predicted molar refractivity (Wildman–Crippen MR) is 82.0 cm³/mol. The van der Waals surface area contributed by atoms with E-state index in [1.165, 1.54) is 14.0 Å². The second-order valence-electron chi connectivity index (χ2n) is 4.83. The highest BCUT2D eigenvalue weighted by molar-refractivity contribution is 6.37. The quantitative estimate of drug-likeness (QED) is 0.782. The van der Waals surface area contributed by atoms with E-state index < -0.39 is 18.0 Å². The van der Waals surface area contributed by atoms with Crippen LogP contribution >= 0.6 is 0 Å². The van der Waals surface area contributed by atoms with E-state index in [9.17, 15) is 14.4 Å². The number of hydrogen-bond acceptors (Lipinski definition) is 6. The van der Waals surface area contributed by atoms with E-state index >= 15 is 0 Å². The largest absolute Gasteiger partial charge is 0.495 e. The summed E-state index contributed by atoms with van der Waals surface area (Å²) in [5, 5.41) is 6.25. The van der Waals surface area contributed by atoms with Gasteiger partial charge in [-0.2, -0.15) is 5.10 Å². The Balaban J connectivity index is 1.95. The fourth-order valence-electron chi connectivity index (χ4n) is 1.89. The first-order valence-electron chi connectivity index (χ1n) is 7.01. The molecule has 2 amide bonds. The van der Waals surface area contributed by atoms with E-state index in [2.05, 4.69) is 15.8 Å². The van der Waals surface area contributed by atoms with Gasteiger partial charge in [0.15, 0.2) is 6.10 Å². The Kier molecular flexibility index (Phi) is 5.29. The molecule has 2 N–H and O–H groups in total. The van der Waals surface area contributed by atoms with Crippen LogP contribution in [0.3, 0.4) is 0 Å². The van der Waals surface area contributed by atoms with Crippen molar-refractivity contribution in [2.75, 3.05) is 12.4 Å². The molecule has 0 radical (unpaired) electrons. The molecule has 23 heavy (non-hydrogen) atoms. The van der Waals surface area contributed by atoms with Crippen molar-refractivity contribution in [2.24, 2.45) is 5.10 Å². The summed E-state index contributed by atoms with van der Waals surface area (Å²) in [6, 6.07) is 6.89. The summed E-state index contributed by atoms with van der Waals surface area (Å²) in [6.07, 6.45) is -0.672. The number of hydrazone groups is 1. The monoisotopic (exact) mass is 319 g/mol. The fourth-order valence-corrected chi connectivity index (χ4v) is 1.89. The third kappa shape index (κ3) is 4.29. The maximum atomic E-state index is 12.1. The highest BCUT2D eigenvalue weighted by Gasteiger charge is 2.24. The van der Waals surface area contributed by atoms with Gasteiger partial charge in [0.2, 0.25) is 5.91 Å². The summed E-state index contributed by atoms with van der Waals surface area (Å²) in [7, 11) is 1.49. The molecule has 0 aromatic heterocycles. The lowest BCUT2D eigenvalue weighted by Gasteiger charge is -2.16. The maximum Gasteiger partial charge on any atom is 0.355 e. The molecule has 0 unspecified atom stereocenters. The number of methoxy groups -OCH3 is 1. The average molecular weight is 319 g/mol. The SMILES string of the molecule is COc1ccccc1NC(=O)[C@H](C)OC(=O)C1=NNC(=O)CC1. The standard InChI is InChI=1S/C15H17N3O5/c1-9(23-15(21)11-7-8-13(19)18-17-11)14(20)16-10-5-3-4-6-12(10)22-2/h3-6,9H,7-8H2,1-2H3,(H,16,20)(H,18,19)/t9-/m0/s1. The van der Waals surface area contributed by atoms with Gasteiger partial charge in [-0.25, -0.2) is 10.2 Å². The number of hydrogen-bond donors (Lipinski definition) is 2. The number of amides is 2. The van der Waals surface area contributed by atoms with Gasteiger partial charge in [-0.05, 0) is 19.1 Å². The molecule has 8 nitrogen and oxygen atoms in total. The van der Waals surface area contributed by atoms with Gasteiger partial charge in [0.1, 0.15) is 11.5 Å². The van der Waals surface area contributed by atoms with Crippen LogP contribution < -0.4 is 15.5 Å². The van der Waals surface area contributed by atoms with Gasteiger partial charge in [-0.15, -0.1) is 0 Å². The molecule has 8 heteroatoms. The van der Waals surface area contributed by atoms with Gasteiger partial charge in [0, 0.05) is 12.8 Å². The number of carbonyl (C=O) groups is 3. The second-order valence-corrected chi connectivity index (χ2v) is 4.83. The van der Waals surface area contributed by atoms with Crippen LogP contribution in [0.5, 0.6) is 5.75 Å². The summed E-state index contributed by atoms with van der Waals surface area (Å²) in [4.78, 5) is 35.0. The van der Waals surface area contributed by atoms with Gasteiger partial charge < -0.3 is 14.8 Å². The van der Waals surface area contributed by atoms with E-state index in [1.54, 1.807) is 24.3 Å². The van der Waals surface area contributed by atoms with Crippen LogP contribution in [0.2, 0.25) is 0 Å². The normalized spacial score (nSPS) is 15.0. The number of esters is 1. The van der Waals surface area contributed by atoms with Crippen LogP contribution in [-0.4, -0.2) is 36.7 Å². The maximum absolute atomic E-state index is 12.1. The molecule has 0 bridgehead atoms. The predicted octanol–water partition coefficient (Wildman–Crippen LogP) is 0.831. The molecule has 1 heterocycles. The Morgan fingerprint density at radius 2 is 2.04 bits per heavy atom. The van der Waals surface area contributed by atoms with Crippen LogP contribution in [0.15, 0.2) is 29.4 Å². The second kappa shape index (κ2) is 7.39. The van der Waals surface area contributed by atoms with Crippen molar-refractivity contribution in [1.29, 1.82) is 0 Å². The van der Waals surface area contributed by atoms with Crippen molar-refractivity contribution in [3.63, 3.8) is 0 Å². The van der Waals surface area contributed by atoms with Crippen molar-refractivity contribution in [1.82, 2.24) is 5.43 Å². The summed E-state index contributed by atoms with van der Waals surface area (Å²) < 4.78 is 10.2. The number of nitrogens with one attached hydrogen (secondary N) is 2. The lowest BCUT2D eigenvalue weighted by Crippen LogP contribution is -2.35. The smallest absolute Gasteiger partial charge is 0.355 e. The first kappa shape index (κ1) is 16.5. The van der Waals surface area contributed by atoms with Crippen LogP contribution in [0.4, 0.5) is 5.69 Å². The van der Waals surface area contributed by atoms with E-state index in [-0.39, 0.29) is 24.5 Å². The Hall–Kier alpha value is -2.90. The Labute approximate surface area is 132 Å². The molecule has 1 aliphatic heterocycles. The molecule has 1 aromatic rings. The van der Waals surface area contributed by atoms with E-state index in [0.717, 1.165) is 0 Å². The molecule has 1 atom stereocenters. The van der Waals surface area contributed by atoms with Crippen molar-refractivity contribution >= 4 is 29.2 Å². The molecule has 1 aromatic carbocycles. The third-order valence-electron chi connectivity index (χ3n) is 3.16.